The van der Waals surface area contributed by atoms with E-state index in [1.165, 1.54) is 16.7 Å². The Balaban J connectivity index is 1.37. The maximum atomic E-state index is 12.9. The first-order chi connectivity index (χ1) is 13.7. The van der Waals surface area contributed by atoms with Crippen LogP contribution in [-0.2, 0) is 24.2 Å². The van der Waals surface area contributed by atoms with Crippen molar-refractivity contribution >= 4 is 22.2 Å². The number of rotatable bonds is 3. The predicted octanol–water partition coefficient (Wildman–Crippen LogP) is 4.50. The smallest absolute Gasteiger partial charge is 0.228 e. The molecule has 140 valence electrons. The minimum absolute atomic E-state index is 0.180. The van der Waals surface area contributed by atoms with Crippen LogP contribution < -0.4 is 0 Å². The molecule has 2 aromatic heterocycles. The van der Waals surface area contributed by atoms with Crippen LogP contribution in [0.3, 0.4) is 0 Å². The third-order valence-corrected chi connectivity index (χ3v) is 6.34. The van der Waals surface area contributed by atoms with Gasteiger partial charge in [-0.3, -0.25) is 9.20 Å². The van der Waals surface area contributed by atoms with Gasteiger partial charge in [0.15, 0.2) is 4.96 Å². The summed E-state index contributed by atoms with van der Waals surface area (Å²) in [7, 11) is 0. The van der Waals surface area contributed by atoms with Crippen LogP contribution in [0.5, 0.6) is 0 Å². The monoisotopic (exact) mass is 387 g/mol. The molecule has 1 aliphatic rings. The van der Waals surface area contributed by atoms with Crippen LogP contribution in [0.15, 0.2) is 60.1 Å². The van der Waals surface area contributed by atoms with Crippen LogP contribution in [0.1, 0.15) is 22.4 Å². The number of hydrogen-bond donors (Lipinski definition) is 0. The van der Waals surface area contributed by atoms with E-state index in [2.05, 4.69) is 59.2 Å². The molecule has 5 rings (SSSR count). The molecule has 4 aromatic rings. The summed E-state index contributed by atoms with van der Waals surface area (Å²) in [6, 6.07) is 16.8. The summed E-state index contributed by atoms with van der Waals surface area (Å²) in [5.74, 6) is 0.180. The van der Waals surface area contributed by atoms with Crippen LogP contribution in [0.25, 0.3) is 16.2 Å². The van der Waals surface area contributed by atoms with Gasteiger partial charge in [-0.25, -0.2) is 4.98 Å². The number of amides is 1. The molecule has 2 aromatic carbocycles. The number of fused-ring (bicyclic) bond motifs is 2. The fraction of sp³-hybridized carbons (Fsp3) is 0.217. The number of aryl methyl sites for hydroxylation is 1. The van der Waals surface area contributed by atoms with Gasteiger partial charge >= 0.3 is 0 Å². The Morgan fingerprint density at radius 2 is 1.89 bits per heavy atom. The molecule has 0 spiro atoms. The molecule has 0 saturated heterocycles. The molecule has 0 bridgehead atoms. The van der Waals surface area contributed by atoms with Gasteiger partial charge in [0, 0.05) is 35.9 Å². The lowest BCUT2D eigenvalue weighted by molar-refractivity contribution is -0.131. The molecule has 3 heterocycles. The van der Waals surface area contributed by atoms with Crippen molar-refractivity contribution in [1.82, 2.24) is 14.3 Å². The van der Waals surface area contributed by atoms with Gasteiger partial charge < -0.3 is 4.90 Å². The zero-order chi connectivity index (χ0) is 19.1. The van der Waals surface area contributed by atoms with Crippen LogP contribution >= 0.6 is 11.3 Å². The molecule has 1 amide bonds. The molecule has 0 atom stereocenters. The minimum atomic E-state index is 0.180. The quantitative estimate of drug-likeness (QED) is 0.519. The van der Waals surface area contributed by atoms with Gasteiger partial charge in [-0.1, -0.05) is 54.1 Å². The van der Waals surface area contributed by atoms with E-state index < -0.39 is 0 Å². The minimum Gasteiger partial charge on any atom is -0.338 e. The Morgan fingerprint density at radius 3 is 2.71 bits per heavy atom. The van der Waals surface area contributed by atoms with Crippen molar-refractivity contribution in [2.24, 2.45) is 0 Å². The second kappa shape index (κ2) is 6.91. The highest BCUT2D eigenvalue weighted by Crippen LogP contribution is 2.25. The molecule has 4 nitrogen and oxygen atoms in total. The second-order valence-corrected chi connectivity index (χ2v) is 8.22. The Kier molecular flexibility index (Phi) is 4.24. The summed E-state index contributed by atoms with van der Waals surface area (Å²) in [6.07, 6.45) is 3.39. The van der Waals surface area contributed by atoms with E-state index in [4.69, 9.17) is 4.98 Å². The number of aromatic nitrogens is 2. The van der Waals surface area contributed by atoms with Gasteiger partial charge in [-0.2, -0.15) is 0 Å². The molecule has 28 heavy (non-hydrogen) atoms. The molecule has 0 saturated carbocycles. The third-order valence-electron chi connectivity index (χ3n) is 5.45. The van der Waals surface area contributed by atoms with E-state index in [1.54, 1.807) is 11.3 Å². The van der Waals surface area contributed by atoms with E-state index in [1.807, 2.05) is 17.2 Å². The first kappa shape index (κ1) is 17.2. The van der Waals surface area contributed by atoms with Gasteiger partial charge in [0.05, 0.1) is 12.1 Å². The van der Waals surface area contributed by atoms with E-state index in [0.29, 0.717) is 13.0 Å². The van der Waals surface area contributed by atoms with Gasteiger partial charge in [-0.05, 0) is 24.5 Å². The summed E-state index contributed by atoms with van der Waals surface area (Å²) < 4.78 is 2.07. The number of hydrogen-bond acceptors (Lipinski definition) is 3. The number of carbonyl (C=O) groups excluding carboxylic acids is 1. The molecule has 0 radical (unpaired) electrons. The Morgan fingerprint density at radius 1 is 1.11 bits per heavy atom. The zero-order valence-electron chi connectivity index (χ0n) is 15.8. The second-order valence-electron chi connectivity index (χ2n) is 7.38. The van der Waals surface area contributed by atoms with Gasteiger partial charge in [0.25, 0.3) is 0 Å². The summed E-state index contributed by atoms with van der Waals surface area (Å²) in [6.45, 7) is 3.58. The van der Waals surface area contributed by atoms with Gasteiger partial charge in [-0.15, -0.1) is 11.3 Å². The van der Waals surface area contributed by atoms with E-state index in [0.717, 1.165) is 34.9 Å². The average molecular weight is 388 g/mol. The first-order valence-corrected chi connectivity index (χ1v) is 10.4. The lowest BCUT2D eigenvalue weighted by Gasteiger charge is -2.28. The van der Waals surface area contributed by atoms with E-state index in [9.17, 15) is 4.79 Å². The highest BCUT2D eigenvalue weighted by molar-refractivity contribution is 7.15. The van der Waals surface area contributed by atoms with E-state index in [-0.39, 0.29) is 5.91 Å². The SMILES string of the molecule is Cc1ccc(-c2cn3c(CC(=O)N4CCc5ccccc5C4)csc3n2)cc1. The van der Waals surface area contributed by atoms with Crippen molar-refractivity contribution in [3.05, 3.63) is 82.5 Å². The van der Waals surface area contributed by atoms with E-state index >= 15 is 0 Å². The summed E-state index contributed by atoms with van der Waals surface area (Å²) in [5.41, 5.74) is 6.93. The Labute approximate surface area is 168 Å². The lowest BCUT2D eigenvalue weighted by Crippen LogP contribution is -2.37. The van der Waals surface area contributed by atoms with Gasteiger partial charge in [0.1, 0.15) is 0 Å². The van der Waals surface area contributed by atoms with Crippen LogP contribution in [0.2, 0.25) is 0 Å². The summed E-state index contributed by atoms with van der Waals surface area (Å²) >= 11 is 1.59. The maximum Gasteiger partial charge on any atom is 0.228 e. The van der Waals surface area contributed by atoms with Crippen LogP contribution in [-0.4, -0.2) is 26.7 Å². The number of carbonyl (C=O) groups is 1. The Hall–Kier alpha value is -2.92. The third kappa shape index (κ3) is 3.12. The van der Waals surface area contributed by atoms with Crippen molar-refractivity contribution in [2.75, 3.05) is 6.54 Å². The molecule has 0 unspecified atom stereocenters. The summed E-state index contributed by atoms with van der Waals surface area (Å²) in [5, 5.41) is 2.05. The lowest BCUT2D eigenvalue weighted by atomic mass is 10.00. The topological polar surface area (TPSA) is 37.6 Å². The average Bonchev–Trinajstić information content (AvgIpc) is 3.30. The first-order valence-electron chi connectivity index (χ1n) is 9.54. The number of nitrogens with zero attached hydrogens (tertiary/aromatic N) is 3. The molecule has 0 fully saturated rings. The van der Waals surface area contributed by atoms with Crippen molar-refractivity contribution in [3.8, 4) is 11.3 Å². The van der Waals surface area contributed by atoms with Crippen molar-refractivity contribution < 1.29 is 4.79 Å². The van der Waals surface area contributed by atoms with Gasteiger partial charge in [0.2, 0.25) is 5.91 Å². The molecular weight excluding hydrogens is 366 g/mol. The van der Waals surface area contributed by atoms with Crippen LogP contribution in [0.4, 0.5) is 0 Å². The molecule has 0 aliphatic carbocycles. The molecule has 5 heteroatoms. The van der Waals surface area contributed by atoms with Crippen molar-refractivity contribution in [3.63, 3.8) is 0 Å². The highest BCUT2D eigenvalue weighted by atomic mass is 32.1. The Bertz CT molecular complexity index is 1160. The molecule has 0 N–H and O–H groups in total. The van der Waals surface area contributed by atoms with Crippen molar-refractivity contribution in [1.29, 1.82) is 0 Å². The largest absolute Gasteiger partial charge is 0.338 e. The number of benzene rings is 2. The molecular formula is C23H21N3OS. The summed E-state index contributed by atoms with van der Waals surface area (Å²) in [4.78, 5) is 20.6. The normalized spacial score (nSPS) is 13.7. The van der Waals surface area contributed by atoms with Crippen molar-refractivity contribution in [2.45, 2.75) is 26.3 Å². The molecule has 1 aliphatic heterocycles. The predicted molar refractivity (Wildman–Crippen MR) is 113 cm³/mol. The number of imidazole rings is 1. The van der Waals surface area contributed by atoms with Crippen LogP contribution in [0, 0.1) is 6.92 Å². The fourth-order valence-electron chi connectivity index (χ4n) is 3.80. The zero-order valence-corrected chi connectivity index (χ0v) is 16.6. The maximum absolute atomic E-state index is 12.9. The highest BCUT2D eigenvalue weighted by Gasteiger charge is 2.22. The standard InChI is InChI=1S/C23H21N3OS/c1-16-6-8-18(9-7-16)21-14-26-20(15-28-23(26)24-21)12-22(27)25-11-10-17-4-2-3-5-19(17)13-25/h2-9,14-15H,10-13H2,1H3. The fourth-order valence-corrected chi connectivity index (χ4v) is 4.67. The number of thiazole rings is 1.